The second-order valence-electron chi connectivity index (χ2n) is 8.66. The zero-order chi connectivity index (χ0) is 22.8. The molecule has 4 heteroatoms. The number of allylic oxidation sites excluding steroid dienone is 2. The van der Waals surface area contributed by atoms with E-state index in [2.05, 4.69) is 13.8 Å². The lowest BCUT2D eigenvalue weighted by atomic mass is 9.80. The fourth-order valence-electron chi connectivity index (χ4n) is 3.93. The molecule has 0 amide bonds. The number of unbranched alkanes of at least 4 members (excludes halogenated alkanes) is 11. The average molecular weight is 435 g/mol. The van der Waals surface area contributed by atoms with Gasteiger partial charge in [0.15, 0.2) is 5.60 Å². The van der Waals surface area contributed by atoms with Crippen LogP contribution >= 0.6 is 0 Å². The lowest BCUT2D eigenvalue weighted by Gasteiger charge is -2.32. The van der Waals surface area contributed by atoms with Crippen LogP contribution in [0.1, 0.15) is 111 Å². The molecule has 1 rings (SSSR count). The van der Waals surface area contributed by atoms with Gasteiger partial charge in [-0.05, 0) is 50.5 Å². The van der Waals surface area contributed by atoms with Crippen molar-refractivity contribution in [1.29, 1.82) is 0 Å². The number of hydrogen-bond donors (Lipinski definition) is 1. The summed E-state index contributed by atoms with van der Waals surface area (Å²) in [4.78, 5) is 12.4. The minimum atomic E-state index is -1.60. The molecule has 0 fully saturated rings. The molecule has 2 atom stereocenters. The summed E-state index contributed by atoms with van der Waals surface area (Å²) in [6.45, 7) is 6.43. The smallest absolute Gasteiger partial charge is 0.342 e. The lowest BCUT2D eigenvalue weighted by Crippen LogP contribution is -2.46. The molecule has 1 aliphatic rings. The first-order valence-corrected chi connectivity index (χ1v) is 12.7. The maximum absolute atomic E-state index is 12.4. The van der Waals surface area contributed by atoms with E-state index in [4.69, 9.17) is 9.47 Å². The van der Waals surface area contributed by atoms with Gasteiger partial charge in [-0.1, -0.05) is 84.5 Å². The Morgan fingerprint density at radius 2 is 1.58 bits per heavy atom. The van der Waals surface area contributed by atoms with Crippen LogP contribution in [-0.2, 0) is 14.3 Å². The van der Waals surface area contributed by atoms with Crippen molar-refractivity contribution in [2.24, 2.45) is 5.92 Å². The molecule has 0 aliphatic heterocycles. The van der Waals surface area contributed by atoms with Gasteiger partial charge >= 0.3 is 5.97 Å². The Balaban J connectivity index is 2.50. The minimum absolute atomic E-state index is 0.257. The molecule has 0 spiro atoms. The third-order valence-electron chi connectivity index (χ3n) is 5.93. The van der Waals surface area contributed by atoms with Crippen LogP contribution < -0.4 is 0 Å². The van der Waals surface area contributed by atoms with Gasteiger partial charge in [0.2, 0.25) is 0 Å². The highest BCUT2D eigenvalue weighted by Gasteiger charge is 2.43. The van der Waals surface area contributed by atoms with E-state index in [1.54, 1.807) is 25.3 Å². The van der Waals surface area contributed by atoms with Crippen molar-refractivity contribution in [1.82, 2.24) is 0 Å². The van der Waals surface area contributed by atoms with Gasteiger partial charge in [0.25, 0.3) is 0 Å². The molecule has 2 unspecified atom stereocenters. The van der Waals surface area contributed by atoms with E-state index >= 15 is 0 Å². The van der Waals surface area contributed by atoms with Crippen LogP contribution in [0.2, 0.25) is 0 Å². The van der Waals surface area contributed by atoms with Gasteiger partial charge in [0.05, 0.1) is 12.9 Å². The van der Waals surface area contributed by atoms with Crippen molar-refractivity contribution < 1.29 is 19.4 Å². The number of aliphatic hydroxyl groups is 1. The van der Waals surface area contributed by atoms with Crippen molar-refractivity contribution in [2.45, 2.75) is 116 Å². The van der Waals surface area contributed by atoms with Crippen molar-refractivity contribution in [3.05, 3.63) is 36.3 Å². The van der Waals surface area contributed by atoms with Gasteiger partial charge in [0, 0.05) is 5.92 Å². The quantitative estimate of drug-likeness (QED) is 0.139. The van der Waals surface area contributed by atoms with Crippen LogP contribution in [-0.4, -0.2) is 23.3 Å². The standard InChI is InChI=1S/C27H46O4/c1-4-7-9-11-12-13-14-15-16-17-19-24-23-25(31-22-18-10-8-5-2)20-21-27(24,29)26(28)30-6-3/h18,20-24,29H,4-17,19H2,1-3H3. The van der Waals surface area contributed by atoms with Crippen LogP contribution in [0.5, 0.6) is 0 Å². The normalized spacial score (nSPS) is 20.8. The van der Waals surface area contributed by atoms with Gasteiger partial charge in [-0.3, -0.25) is 0 Å². The molecule has 0 radical (unpaired) electrons. The fraction of sp³-hybridized carbons (Fsp3) is 0.741. The Morgan fingerprint density at radius 1 is 0.968 bits per heavy atom. The zero-order valence-electron chi connectivity index (χ0n) is 20.2. The number of carbonyl (C=O) groups excluding carboxylic acids is 1. The highest BCUT2D eigenvalue weighted by Crippen LogP contribution is 2.33. The highest BCUT2D eigenvalue weighted by atomic mass is 16.5. The predicted molar refractivity (Wildman–Crippen MR) is 129 cm³/mol. The zero-order valence-corrected chi connectivity index (χ0v) is 20.2. The van der Waals surface area contributed by atoms with E-state index in [1.165, 1.54) is 51.4 Å². The summed E-state index contributed by atoms with van der Waals surface area (Å²) in [5.41, 5.74) is -1.60. The average Bonchev–Trinajstić information content (AvgIpc) is 2.77. The second-order valence-corrected chi connectivity index (χ2v) is 8.66. The van der Waals surface area contributed by atoms with E-state index in [9.17, 15) is 9.90 Å². The maximum atomic E-state index is 12.4. The number of esters is 1. The van der Waals surface area contributed by atoms with Crippen LogP contribution in [0.4, 0.5) is 0 Å². The van der Waals surface area contributed by atoms with Gasteiger partial charge in [-0.15, -0.1) is 0 Å². The van der Waals surface area contributed by atoms with Crippen LogP contribution in [0.15, 0.2) is 36.3 Å². The molecule has 1 aliphatic carbocycles. The van der Waals surface area contributed by atoms with Crippen LogP contribution in [0.3, 0.4) is 0 Å². The molecule has 0 bridgehead atoms. The highest BCUT2D eigenvalue weighted by molar-refractivity contribution is 5.83. The third-order valence-corrected chi connectivity index (χ3v) is 5.93. The van der Waals surface area contributed by atoms with E-state index in [1.807, 2.05) is 12.2 Å². The molecular formula is C27H46O4. The molecule has 178 valence electrons. The molecule has 0 aromatic rings. The Kier molecular flexibility index (Phi) is 15.1. The van der Waals surface area contributed by atoms with Gasteiger partial charge in [0.1, 0.15) is 5.76 Å². The Hall–Kier alpha value is -1.55. The molecule has 0 saturated heterocycles. The van der Waals surface area contributed by atoms with E-state index in [0.717, 1.165) is 38.5 Å². The summed E-state index contributed by atoms with van der Waals surface area (Å²) in [6, 6.07) is 0. The second kappa shape index (κ2) is 17.1. The summed E-state index contributed by atoms with van der Waals surface area (Å²) in [5, 5.41) is 11.1. The molecule has 1 N–H and O–H groups in total. The van der Waals surface area contributed by atoms with E-state index in [0.29, 0.717) is 5.76 Å². The summed E-state index contributed by atoms with van der Waals surface area (Å²) in [5.74, 6) is -0.222. The molecular weight excluding hydrogens is 388 g/mol. The molecule has 4 nitrogen and oxygen atoms in total. The summed E-state index contributed by atoms with van der Waals surface area (Å²) >= 11 is 0. The summed E-state index contributed by atoms with van der Waals surface area (Å²) in [6.07, 6.45) is 25.4. The topological polar surface area (TPSA) is 55.8 Å². The molecule has 0 heterocycles. The first-order valence-electron chi connectivity index (χ1n) is 12.7. The first kappa shape index (κ1) is 27.5. The Bertz CT molecular complexity index is 564. The van der Waals surface area contributed by atoms with Crippen molar-refractivity contribution in [3.63, 3.8) is 0 Å². The SMILES string of the molecule is CCCCC=COC1=CC(CCCCCCCCCCCC)C(O)(C(=O)OCC)C=C1. The fourth-order valence-corrected chi connectivity index (χ4v) is 3.93. The van der Waals surface area contributed by atoms with Gasteiger partial charge < -0.3 is 14.6 Å². The number of hydrogen-bond acceptors (Lipinski definition) is 4. The first-order chi connectivity index (χ1) is 15.1. The van der Waals surface area contributed by atoms with Crippen molar-refractivity contribution >= 4 is 5.97 Å². The van der Waals surface area contributed by atoms with Gasteiger partial charge in [-0.2, -0.15) is 0 Å². The Morgan fingerprint density at radius 3 is 2.19 bits per heavy atom. The summed E-state index contributed by atoms with van der Waals surface area (Å²) in [7, 11) is 0. The van der Waals surface area contributed by atoms with E-state index < -0.39 is 11.6 Å². The van der Waals surface area contributed by atoms with Gasteiger partial charge in [-0.25, -0.2) is 4.79 Å². The van der Waals surface area contributed by atoms with Crippen LogP contribution in [0, 0.1) is 5.92 Å². The number of ether oxygens (including phenoxy) is 2. The maximum Gasteiger partial charge on any atom is 0.342 e. The molecule has 0 aromatic heterocycles. The van der Waals surface area contributed by atoms with Crippen molar-refractivity contribution in [3.8, 4) is 0 Å². The monoisotopic (exact) mass is 434 g/mol. The van der Waals surface area contributed by atoms with Crippen molar-refractivity contribution in [2.75, 3.05) is 6.61 Å². The number of rotatable bonds is 18. The largest absolute Gasteiger partial charge is 0.466 e. The number of carbonyl (C=O) groups is 1. The minimum Gasteiger partial charge on any atom is -0.466 e. The summed E-state index contributed by atoms with van der Waals surface area (Å²) < 4.78 is 10.9. The molecule has 31 heavy (non-hydrogen) atoms. The lowest BCUT2D eigenvalue weighted by molar-refractivity contribution is -0.163. The van der Waals surface area contributed by atoms with Crippen LogP contribution in [0.25, 0.3) is 0 Å². The van der Waals surface area contributed by atoms with E-state index in [-0.39, 0.29) is 12.5 Å². The Labute approximate surface area is 190 Å². The predicted octanol–water partition coefficient (Wildman–Crippen LogP) is 7.38. The third kappa shape index (κ3) is 11.0. The molecule has 0 saturated carbocycles. The molecule has 0 aromatic carbocycles.